The van der Waals surface area contributed by atoms with Gasteiger partial charge in [0.05, 0.1) is 0 Å². The maximum atomic E-state index is 3.52. The van der Waals surface area contributed by atoms with Crippen molar-refractivity contribution in [2.45, 2.75) is 38.6 Å². The summed E-state index contributed by atoms with van der Waals surface area (Å²) in [5.41, 5.74) is 1.45. The maximum absolute atomic E-state index is 3.52. The maximum Gasteiger partial charge on any atom is 0.0346 e. The summed E-state index contributed by atoms with van der Waals surface area (Å²) < 4.78 is 1.32. The van der Waals surface area contributed by atoms with E-state index >= 15 is 0 Å². The van der Waals surface area contributed by atoms with Crippen molar-refractivity contribution in [3.05, 3.63) is 33.4 Å². The lowest BCUT2D eigenvalue weighted by Crippen LogP contribution is -2.28. The molecule has 0 aromatic heterocycles. The standard InChI is InChI=1S/C15H22IN/c1-11-3-5-12(6-4-11)15(17-2)13-7-9-14(16)10-8-13/h7-12,15,17H,3-6H2,1-2H3. The Morgan fingerprint density at radius 2 is 1.71 bits per heavy atom. The summed E-state index contributed by atoms with van der Waals surface area (Å²) in [7, 11) is 2.10. The minimum atomic E-state index is 0.541. The molecule has 1 unspecified atom stereocenters. The minimum absolute atomic E-state index is 0.541. The molecule has 0 aliphatic heterocycles. The molecule has 1 aliphatic carbocycles. The summed E-state index contributed by atoms with van der Waals surface area (Å²) in [6.07, 6.45) is 5.54. The molecule has 1 N–H and O–H groups in total. The van der Waals surface area contributed by atoms with Gasteiger partial charge in [-0.15, -0.1) is 0 Å². The Hall–Kier alpha value is -0.0900. The van der Waals surface area contributed by atoms with Crippen molar-refractivity contribution < 1.29 is 0 Å². The van der Waals surface area contributed by atoms with E-state index in [0.717, 1.165) is 11.8 Å². The van der Waals surface area contributed by atoms with Gasteiger partial charge in [-0.3, -0.25) is 0 Å². The average molecular weight is 343 g/mol. The van der Waals surface area contributed by atoms with Crippen LogP contribution >= 0.6 is 22.6 Å². The lowest BCUT2D eigenvalue weighted by molar-refractivity contribution is 0.238. The summed E-state index contributed by atoms with van der Waals surface area (Å²) in [6, 6.07) is 9.53. The quantitative estimate of drug-likeness (QED) is 0.804. The Labute approximate surface area is 119 Å². The van der Waals surface area contributed by atoms with Gasteiger partial charge in [0.2, 0.25) is 0 Å². The number of halogens is 1. The van der Waals surface area contributed by atoms with Crippen molar-refractivity contribution in [2.24, 2.45) is 11.8 Å². The van der Waals surface area contributed by atoms with E-state index in [9.17, 15) is 0 Å². The van der Waals surface area contributed by atoms with E-state index in [1.54, 1.807) is 0 Å². The zero-order valence-electron chi connectivity index (χ0n) is 10.7. The van der Waals surface area contributed by atoms with E-state index < -0.39 is 0 Å². The number of hydrogen-bond acceptors (Lipinski definition) is 1. The number of benzene rings is 1. The fourth-order valence-corrected chi connectivity index (χ4v) is 3.32. The Bertz CT molecular complexity index is 338. The molecule has 1 atom stereocenters. The molecule has 0 amide bonds. The molecular weight excluding hydrogens is 321 g/mol. The van der Waals surface area contributed by atoms with Gasteiger partial charge in [0.15, 0.2) is 0 Å². The van der Waals surface area contributed by atoms with Crippen LogP contribution in [0.3, 0.4) is 0 Å². The largest absolute Gasteiger partial charge is 0.313 e. The van der Waals surface area contributed by atoms with Gasteiger partial charge in [-0.2, -0.15) is 0 Å². The van der Waals surface area contributed by atoms with E-state index in [1.165, 1.54) is 34.8 Å². The van der Waals surface area contributed by atoms with Gasteiger partial charge in [-0.05, 0) is 72.0 Å². The summed E-state index contributed by atoms with van der Waals surface area (Å²) in [6.45, 7) is 2.38. The Kier molecular flexibility index (Phi) is 4.86. The van der Waals surface area contributed by atoms with Crippen molar-refractivity contribution in [2.75, 3.05) is 7.05 Å². The molecule has 2 heteroatoms. The second-order valence-electron chi connectivity index (χ2n) is 5.34. The first-order chi connectivity index (χ1) is 8.20. The van der Waals surface area contributed by atoms with Crippen LogP contribution in [0.2, 0.25) is 0 Å². The van der Waals surface area contributed by atoms with E-state index in [4.69, 9.17) is 0 Å². The molecule has 1 aliphatic rings. The summed E-state index contributed by atoms with van der Waals surface area (Å²) >= 11 is 2.37. The topological polar surface area (TPSA) is 12.0 Å². The fourth-order valence-electron chi connectivity index (χ4n) is 2.96. The molecule has 1 nitrogen and oxygen atoms in total. The highest BCUT2D eigenvalue weighted by molar-refractivity contribution is 14.1. The third-order valence-electron chi connectivity index (χ3n) is 4.07. The highest BCUT2D eigenvalue weighted by Gasteiger charge is 2.25. The van der Waals surface area contributed by atoms with Crippen LogP contribution in [0.5, 0.6) is 0 Å². The fraction of sp³-hybridized carbons (Fsp3) is 0.600. The average Bonchev–Trinajstić information content (AvgIpc) is 2.35. The molecule has 17 heavy (non-hydrogen) atoms. The van der Waals surface area contributed by atoms with Crippen molar-refractivity contribution in [1.29, 1.82) is 0 Å². The Morgan fingerprint density at radius 3 is 2.24 bits per heavy atom. The molecule has 2 rings (SSSR count). The number of rotatable bonds is 3. The monoisotopic (exact) mass is 343 g/mol. The van der Waals surface area contributed by atoms with Crippen LogP contribution in [0.1, 0.15) is 44.2 Å². The molecule has 0 saturated heterocycles. The third kappa shape index (κ3) is 3.44. The first-order valence-electron chi connectivity index (χ1n) is 6.63. The van der Waals surface area contributed by atoms with Crippen LogP contribution in [-0.2, 0) is 0 Å². The number of hydrogen-bond donors (Lipinski definition) is 1. The van der Waals surface area contributed by atoms with E-state index in [1.807, 2.05) is 0 Å². The van der Waals surface area contributed by atoms with Crippen LogP contribution in [0.4, 0.5) is 0 Å². The van der Waals surface area contributed by atoms with Gasteiger partial charge in [-0.25, -0.2) is 0 Å². The molecule has 1 saturated carbocycles. The second kappa shape index (κ2) is 6.19. The lowest BCUT2D eigenvalue weighted by Gasteiger charge is -2.33. The van der Waals surface area contributed by atoms with Crippen molar-refractivity contribution in [3.63, 3.8) is 0 Å². The highest BCUT2D eigenvalue weighted by atomic mass is 127. The zero-order valence-corrected chi connectivity index (χ0v) is 12.9. The molecule has 0 spiro atoms. The van der Waals surface area contributed by atoms with E-state index in [0.29, 0.717) is 6.04 Å². The first-order valence-corrected chi connectivity index (χ1v) is 7.71. The molecule has 0 radical (unpaired) electrons. The minimum Gasteiger partial charge on any atom is -0.313 e. The van der Waals surface area contributed by atoms with Crippen LogP contribution in [-0.4, -0.2) is 7.05 Å². The van der Waals surface area contributed by atoms with Gasteiger partial charge in [0, 0.05) is 9.61 Å². The van der Waals surface area contributed by atoms with Crippen molar-refractivity contribution >= 4 is 22.6 Å². The number of nitrogens with one attached hydrogen (secondary N) is 1. The smallest absolute Gasteiger partial charge is 0.0346 e. The Morgan fingerprint density at radius 1 is 1.12 bits per heavy atom. The zero-order chi connectivity index (χ0) is 12.3. The highest BCUT2D eigenvalue weighted by Crippen LogP contribution is 2.36. The summed E-state index contributed by atoms with van der Waals surface area (Å²) in [5, 5.41) is 3.52. The van der Waals surface area contributed by atoms with Crippen molar-refractivity contribution in [1.82, 2.24) is 5.32 Å². The SMILES string of the molecule is CNC(c1ccc(I)cc1)C1CCC(C)CC1. The van der Waals surface area contributed by atoms with Gasteiger partial charge in [-0.1, -0.05) is 31.9 Å². The molecule has 1 aromatic rings. The summed E-state index contributed by atoms with van der Waals surface area (Å²) in [4.78, 5) is 0. The van der Waals surface area contributed by atoms with Gasteiger partial charge in [0.1, 0.15) is 0 Å². The predicted octanol–water partition coefficient (Wildman–Crippen LogP) is 4.38. The van der Waals surface area contributed by atoms with Crippen LogP contribution in [0, 0.1) is 15.4 Å². The summed E-state index contributed by atoms with van der Waals surface area (Å²) in [5.74, 6) is 1.75. The van der Waals surface area contributed by atoms with Crippen molar-refractivity contribution in [3.8, 4) is 0 Å². The van der Waals surface area contributed by atoms with Gasteiger partial charge >= 0.3 is 0 Å². The third-order valence-corrected chi connectivity index (χ3v) is 4.79. The van der Waals surface area contributed by atoms with Crippen LogP contribution in [0.25, 0.3) is 0 Å². The van der Waals surface area contributed by atoms with Crippen LogP contribution in [0.15, 0.2) is 24.3 Å². The van der Waals surface area contributed by atoms with E-state index in [2.05, 4.69) is 66.1 Å². The van der Waals surface area contributed by atoms with Crippen LogP contribution < -0.4 is 5.32 Å². The predicted molar refractivity (Wildman–Crippen MR) is 82.1 cm³/mol. The lowest BCUT2D eigenvalue weighted by atomic mass is 9.77. The molecular formula is C15H22IN. The molecule has 94 valence electrons. The normalized spacial score (nSPS) is 26.8. The molecule has 0 heterocycles. The van der Waals surface area contributed by atoms with E-state index in [-0.39, 0.29) is 0 Å². The van der Waals surface area contributed by atoms with Gasteiger partial charge < -0.3 is 5.32 Å². The molecule has 0 bridgehead atoms. The second-order valence-corrected chi connectivity index (χ2v) is 6.58. The Balaban J connectivity index is 2.08. The molecule has 1 fully saturated rings. The van der Waals surface area contributed by atoms with Gasteiger partial charge in [0.25, 0.3) is 0 Å². The first kappa shape index (κ1) is 13.3. The molecule has 1 aromatic carbocycles.